The Morgan fingerprint density at radius 1 is 1.19 bits per heavy atom. The van der Waals surface area contributed by atoms with Crippen molar-refractivity contribution >= 4 is 35.0 Å². The SMILES string of the molecule is C=CCN(C(=O)CSc1nnc(-c2ccc(Cl)cc2)n1C)c1ccccc1. The van der Waals surface area contributed by atoms with Gasteiger partial charge in [-0.1, -0.05) is 47.6 Å². The molecule has 0 N–H and O–H groups in total. The molecule has 1 heterocycles. The summed E-state index contributed by atoms with van der Waals surface area (Å²) < 4.78 is 1.88. The van der Waals surface area contributed by atoms with E-state index in [4.69, 9.17) is 11.6 Å². The lowest BCUT2D eigenvalue weighted by molar-refractivity contribution is -0.116. The lowest BCUT2D eigenvalue weighted by atomic mass is 10.2. The number of halogens is 1. The highest BCUT2D eigenvalue weighted by Gasteiger charge is 2.17. The van der Waals surface area contributed by atoms with Gasteiger partial charge in [0.05, 0.1) is 5.75 Å². The van der Waals surface area contributed by atoms with Crippen LogP contribution in [0.5, 0.6) is 0 Å². The van der Waals surface area contributed by atoms with Crippen molar-refractivity contribution in [3.05, 3.63) is 72.3 Å². The molecule has 0 saturated heterocycles. The highest BCUT2D eigenvalue weighted by atomic mass is 35.5. The van der Waals surface area contributed by atoms with E-state index in [1.54, 1.807) is 11.0 Å². The number of anilines is 1. The normalized spacial score (nSPS) is 10.6. The summed E-state index contributed by atoms with van der Waals surface area (Å²) in [6, 6.07) is 17.0. The van der Waals surface area contributed by atoms with Gasteiger partial charge in [0.2, 0.25) is 5.91 Å². The lowest BCUT2D eigenvalue weighted by Gasteiger charge is -2.21. The van der Waals surface area contributed by atoms with Crippen LogP contribution in [0.1, 0.15) is 0 Å². The average Bonchev–Trinajstić information content (AvgIpc) is 3.06. The van der Waals surface area contributed by atoms with Crippen LogP contribution in [0.3, 0.4) is 0 Å². The molecular weight excluding hydrogens is 380 g/mol. The first-order chi connectivity index (χ1) is 13.1. The van der Waals surface area contributed by atoms with Crippen molar-refractivity contribution < 1.29 is 4.79 Å². The van der Waals surface area contributed by atoms with Crippen molar-refractivity contribution in [3.8, 4) is 11.4 Å². The monoisotopic (exact) mass is 398 g/mol. The Bertz CT molecular complexity index is 925. The number of hydrogen-bond acceptors (Lipinski definition) is 4. The number of benzene rings is 2. The van der Waals surface area contributed by atoms with E-state index in [2.05, 4.69) is 16.8 Å². The van der Waals surface area contributed by atoms with Gasteiger partial charge in [-0.25, -0.2) is 0 Å². The topological polar surface area (TPSA) is 51.0 Å². The number of para-hydroxylation sites is 1. The Balaban J connectivity index is 1.71. The summed E-state index contributed by atoms with van der Waals surface area (Å²) in [7, 11) is 1.88. The molecule has 27 heavy (non-hydrogen) atoms. The molecule has 0 fully saturated rings. The van der Waals surface area contributed by atoms with E-state index >= 15 is 0 Å². The van der Waals surface area contributed by atoms with Gasteiger partial charge in [0.1, 0.15) is 0 Å². The van der Waals surface area contributed by atoms with Gasteiger partial charge in [0.15, 0.2) is 11.0 Å². The molecule has 0 radical (unpaired) electrons. The van der Waals surface area contributed by atoms with Crippen LogP contribution in [0.25, 0.3) is 11.4 Å². The number of thioether (sulfide) groups is 1. The fourth-order valence-corrected chi connectivity index (χ4v) is 3.50. The summed E-state index contributed by atoms with van der Waals surface area (Å²) in [6.45, 7) is 4.20. The van der Waals surface area contributed by atoms with E-state index in [1.807, 2.05) is 66.2 Å². The van der Waals surface area contributed by atoms with Crippen LogP contribution in [-0.4, -0.2) is 33.0 Å². The van der Waals surface area contributed by atoms with Gasteiger partial charge >= 0.3 is 0 Å². The maximum atomic E-state index is 12.7. The van der Waals surface area contributed by atoms with E-state index in [0.717, 1.165) is 17.1 Å². The van der Waals surface area contributed by atoms with Crippen LogP contribution in [0.15, 0.2) is 72.4 Å². The fraction of sp³-hybridized carbons (Fsp3) is 0.150. The Morgan fingerprint density at radius 3 is 2.56 bits per heavy atom. The molecule has 138 valence electrons. The Kier molecular flexibility index (Phi) is 6.32. The first-order valence-corrected chi connectivity index (χ1v) is 9.71. The summed E-state index contributed by atoms with van der Waals surface area (Å²) in [5.74, 6) is 0.977. The van der Waals surface area contributed by atoms with Crippen LogP contribution in [0.2, 0.25) is 5.02 Å². The molecule has 1 amide bonds. The Morgan fingerprint density at radius 2 is 1.89 bits per heavy atom. The Labute approximate surface area is 167 Å². The number of carbonyl (C=O) groups is 1. The number of rotatable bonds is 7. The summed E-state index contributed by atoms with van der Waals surface area (Å²) >= 11 is 7.30. The summed E-state index contributed by atoms with van der Waals surface area (Å²) in [4.78, 5) is 14.4. The third-order valence-corrected chi connectivity index (χ3v) is 5.20. The van der Waals surface area contributed by atoms with Crippen molar-refractivity contribution in [2.24, 2.45) is 7.05 Å². The second-order valence-electron chi connectivity index (χ2n) is 5.79. The van der Waals surface area contributed by atoms with Crippen LogP contribution in [-0.2, 0) is 11.8 Å². The lowest BCUT2D eigenvalue weighted by Crippen LogP contribution is -2.32. The quantitative estimate of drug-likeness (QED) is 0.436. The van der Waals surface area contributed by atoms with Crippen LogP contribution < -0.4 is 4.90 Å². The van der Waals surface area contributed by atoms with Crippen molar-refractivity contribution in [1.82, 2.24) is 14.8 Å². The van der Waals surface area contributed by atoms with Gasteiger partial charge in [-0.15, -0.1) is 16.8 Å². The first kappa shape index (κ1) is 19.2. The molecule has 0 aliphatic heterocycles. The second kappa shape index (κ2) is 8.88. The molecule has 0 saturated carbocycles. The third kappa shape index (κ3) is 4.59. The molecule has 3 rings (SSSR count). The van der Waals surface area contributed by atoms with E-state index in [-0.39, 0.29) is 11.7 Å². The van der Waals surface area contributed by atoms with Crippen LogP contribution in [0, 0.1) is 0 Å². The molecule has 0 aliphatic rings. The summed E-state index contributed by atoms with van der Waals surface area (Å²) in [5, 5.41) is 9.81. The van der Waals surface area contributed by atoms with E-state index < -0.39 is 0 Å². The molecule has 3 aromatic rings. The minimum Gasteiger partial charge on any atom is -0.308 e. The predicted molar refractivity (Wildman–Crippen MR) is 111 cm³/mol. The number of aromatic nitrogens is 3. The summed E-state index contributed by atoms with van der Waals surface area (Å²) in [6.07, 6.45) is 1.72. The van der Waals surface area contributed by atoms with E-state index in [9.17, 15) is 4.79 Å². The van der Waals surface area contributed by atoms with Gasteiger partial charge in [-0.05, 0) is 36.4 Å². The third-order valence-electron chi connectivity index (χ3n) is 3.94. The molecule has 0 atom stereocenters. The maximum Gasteiger partial charge on any atom is 0.237 e. The van der Waals surface area contributed by atoms with Crippen molar-refractivity contribution in [2.45, 2.75) is 5.16 Å². The molecule has 0 spiro atoms. The Hall–Kier alpha value is -2.57. The average molecular weight is 399 g/mol. The minimum absolute atomic E-state index is 0.0119. The molecule has 1 aromatic heterocycles. The first-order valence-electron chi connectivity index (χ1n) is 8.34. The van der Waals surface area contributed by atoms with Gasteiger partial charge in [-0.2, -0.15) is 0 Å². The molecule has 0 unspecified atom stereocenters. The highest BCUT2D eigenvalue weighted by molar-refractivity contribution is 7.99. The van der Waals surface area contributed by atoms with Gasteiger partial charge in [-0.3, -0.25) is 4.79 Å². The van der Waals surface area contributed by atoms with Crippen LogP contribution in [0.4, 0.5) is 5.69 Å². The van der Waals surface area contributed by atoms with Gasteiger partial charge < -0.3 is 9.47 Å². The largest absolute Gasteiger partial charge is 0.308 e. The van der Waals surface area contributed by atoms with E-state index in [0.29, 0.717) is 16.7 Å². The zero-order chi connectivity index (χ0) is 19.2. The molecule has 2 aromatic carbocycles. The van der Waals surface area contributed by atoms with Crippen molar-refractivity contribution in [2.75, 3.05) is 17.2 Å². The number of carbonyl (C=O) groups excluding carboxylic acids is 1. The smallest absolute Gasteiger partial charge is 0.237 e. The second-order valence-corrected chi connectivity index (χ2v) is 7.17. The molecule has 0 bridgehead atoms. The molecule has 5 nitrogen and oxygen atoms in total. The highest BCUT2D eigenvalue weighted by Crippen LogP contribution is 2.24. The van der Waals surface area contributed by atoms with Gasteiger partial charge in [0, 0.05) is 29.9 Å². The summed E-state index contributed by atoms with van der Waals surface area (Å²) in [5.41, 5.74) is 1.77. The van der Waals surface area contributed by atoms with Crippen molar-refractivity contribution in [3.63, 3.8) is 0 Å². The standard InChI is InChI=1S/C20H19ClN4OS/c1-3-13-25(17-7-5-4-6-8-17)18(26)14-27-20-23-22-19(24(20)2)15-9-11-16(21)12-10-15/h3-12H,1,13-14H2,2H3. The zero-order valence-electron chi connectivity index (χ0n) is 14.9. The maximum absolute atomic E-state index is 12.7. The number of amides is 1. The minimum atomic E-state index is -0.0119. The number of nitrogens with zero attached hydrogens (tertiary/aromatic N) is 4. The van der Waals surface area contributed by atoms with Crippen molar-refractivity contribution in [1.29, 1.82) is 0 Å². The predicted octanol–water partition coefficient (Wildman–Crippen LogP) is 4.45. The zero-order valence-corrected chi connectivity index (χ0v) is 16.5. The van der Waals surface area contributed by atoms with Crippen LogP contribution >= 0.6 is 23.4 Å². The van der Waals surface area contributed by atoms with Gasteiger partial charge in [0.25, 0.3) is 0 Å². The molecule has 0 aliphatic carbocycles. The number of hydrogen-bond donors (Lipinski definition) is 0. The fourth-order valence-electron chi connectivity index (χ4n) is 2.58. The molecular formula is C20H19ClN4OS. The molecule has 7 heteroatoms. The van der Waals surface area contributed by atoms with E-state index in [1.165, 1.54) is 11.8 Å².